The average Bonchev–Trinajstić information content (AvgIpc) is 4.14. The lowest BCUT2D eigenvalue weighted by molar-refractivity contribution is 0.173. The second-order valence-corrected chi connectivity index (χ2v) is 14.9. The molecule has 294 valence electrons. The molecule has 12 nitrogen and oxygen atoms in total. The van der Waals surface area contributed by atoms with Crippen LogP contribution in [0.2, 0.25) is 10.0 Å². The molecule has 0 amide bonds. The van der Waals surface area contributed by atoms with Crippen molar-refractivity contribution in [3.05, 3.63) is 131 Å². The maximum Gasteiger partial charge on any atom is 0.231 e. The van der Waals surface area contributed by atoms with Gasteiger partial charge in [0.2, 0.25) is 27.2 Å². The van der Waals surface area contributed by atoms with Gasteiger partial charge in [-0.15, -0.1) is 0 Å². The van der Waals surface area contributed by atoms with Gasteiger partial charge in [-0.05, 0) is 97.1 Å². The Kier molecular flexibility index (Phi) is 7.90. The third kappa shape index (κ3) is 5.52. The Bertz CT molecular complexity index is 2870. The second-order valence-electron chi connectivity index (χ2n) is 14.1. The predicted molar refractivity (Wildman–Crippen MR) is 222 cm³/mol. The van der Waals surface area contributed by atoms with E-state index in [0.29, 0.717) is 102 Å². The fourth-order valence-electron chi connectivity index (χ4n) is 7.94. The lowest BCUT2D eigenvalue weighted by Gasteiger charge is -2.21. The smallest absolute Gasteiger partial charge is 0.231 e. The predicted octanol–water partition coefficient (Wildman–Crippen LogP) is 10.6. The summed E-state index contributed by atoms with van der Waals surface area (Å²) in [5.41, 5.74) is 6.94. The monoisotopic (exact) mass is 834 g/mol. The van der Waals surface area contributed by atoms with E-state index in [1.165, 1.54) is 0 Å². The minimum atomic E-state index is 0.100. The summed E-state index contributed by atoms with van der Waals surface area (Å²) < 4.78 is 50.8. The maximum absolute atomic E-state index is 7.15. The van der Waals surface area contributed by atoms with Gasteiger partial charge >= 0.3 is 0 Å². The molecular weight excluding hydrogens is 807 g/mol. The van der Waals surface area contributed by atoms with Crippen LogP contribution in [0.15, 0.2) is 121 Å². The van der Waals surface area contributed by atoms with Gasteiger partial charge in [0.15, 0.2) is 57.6 Å². The van der Waals surface area contributed by atoms with Crippen molar-refractivity contribution in [1.29, 1.82) is 0 Å². The van der Waals surface area contributed by atoms with E-state index in [-0.39, 0.29) is 27.2 Å². The highest BCUT2D eigenvalue weighted by atomic mass is 35.5. The molecule has 0 saturated carbocycles. The van der Waals surface area contributed by atoms with Gasteiger partial charge in [-0.25, -0.2) is 19.3 Å². The van der Waals surface area contributed by atoms with Crippen molar-refractivity contribution in [2.24, 2.45) is 0 Å². The second kappa shape index (κ2) is 13.7. The van der Waals surface area contributed by atoms with E-state index in [1.807, 2.05) is 131 Å². The van der Waals surface area contributed by atoms with Crippen LogP contribution in [0.5, 0.6) is 46.0 Å². The van der Waals surface area contributed by atoms with E-state index < -0.39 is 0 Å². The van der Waals surface area contributed by atoms with Crippen molar-refractivity contribution in [3.63, 3.8) is 0 Å². The Labute approximate surface area is 351 Å². The van der Waals surface area contributed by atoms with Gasteiger partial charge < -0.3 is 37.9 Å². The quantitative estimate of drug-likeness (QED) is 0.154. The topological polar surface area (TPSA) is 109 Å². The Balaban J connectivity index is 1.26. The number of nitrogens with zero attached hydrogens (tertiary/aromatic N) is 4. The van der Waals surface area contributed by atoms with Crippen molar-refractivity contribution in [3.8, 4) is 114 Å². The normalized spacial score (nSPS) is 14.0. The molecule has 8 aromatic rings. The highest BCUT2D eigenvalue weighted by Crippen LogP contribution is 2.49. The molecule has 6 aromatic carbocycles. The van der Waals surface area contributed by atoms with E-state index in [4.69, 9.17) is 71.1 Å². The third-order valence-electron chi connectivity index (χ3n) is 10.7. The Morgan fingerprint density at radius 1 is 0.367 bits per heavy atom. The van der Waals surface area contributed by atoms with E-state index in [1.54, 1.807) is 0 Å². The summed E-state index contributed by atoms with van der Waals surface area (Å²) in [6, 6.07) is 38.4. The summed E-state index contributed by atoms with van der Waals surface area (Å²) in [6.45, 7) is 0.433. The number of ether oxygens (including phenoxy) is 8. The van der Waals surface area contributed by atoms with E-state index >= 15 is 0 Å². The van der Waals surface area contributed by atoms with Gasteiger partial charge in [0, 0.05) is 33.4 Å². The number of fused-ring (bicyclic) bond motifs is 4. The fourth-order valence-corrected chi connectivity index (χ4v) is 8.38. The molecule has 0 radical (unpaired) electrons. The summed E-state index contributed by atoms with van der Waals surface area (Å²) >= 11 is 14.3. The Hall–Kier alpha value is -7.28. The molecule has 0 fully saturated rings. The summed E-state index contributed by atoms with van der Waals surface area (Å²) in [4.78, 5) is 11.0. The summed E-state index contributed by atoms with van der Waals surface area (Å²) in [5, 5.41) is 0.969. The summed E-state index contributed by atoms with van der Waals surface area (Å²) in [7, 11) is 0. The molecule has 0 N–H and O–H groups in total. The molecule has 0 saturated heterocycles. The Morgan fingerprint density at radius 2 is 0.683 bits per heavy atom. The van der Waals surface area contributed by atoms with Crippen LogP contribution in [0.25, 0.3) is 67.8 Å². The standard InChI is InChI=1S/C46H28Cl2N4O8/c47-31-7-3-1-5-29(31)45-49-41(25-9-13-33-37(17-25)57-21-53-33)43(27-11-15-35-39(19-27)59-23-55-35)51(45)52-44(28-12-16-36-40(20-28)60-24-56-36)42(26-10-14-34-38(18-26)58-22-54-34)50-46(52)30-6-2-4-8-32(30)48/h1-20H,21-24H2. The number of halogens is 2. The molecule has 0 unspecified atom stereocenters. The summed E-state index contributed by atoms with van der Waals surface area (Å²) in [6.07, 6.45) is 0. The van der Waals surface area contributed by atoms with Gasteiger partial charge in [-0.2, -0.15) is 0 Å². The van der Waals surface area contributed by atoms with Gasteiger partial charge in [-0.3, -0.25) is 0 Å². The molecule has 2 aromatic heterocycles. The fraction of sp³-hybridized carbons (Fsp3) is 0.0870. The number of aromatic nitrogens is 4. The molecule has 4 aliphatic rings. The molecule has 60 heavy (non-hydrogen) atoms. The Morgan fingerprint density at radius 3 is 1.05 bits per heavy atom. The van der Waals surface area contributed by atoms with Gasteiger partial charge in [0.25, 0.3) is 0 Å². The van der Waals surface area contributed by atoms with Crippen LogP contribution in [0, 0.1) is 0 Å². The zero-order valence-corrected chi connectivity index (χ0v) is 32.7. The average molecular weight is 836 g/mol. The summed E-state index contributed by atoms with van der Waals surface area (Å²) in [5.74, 6) is 5.93. The molecule has 4 aliphatic heterocycles. The molecule has 0 aliphatic carbocycles. The maximum atomic E-state index is 7.15. The third-order valence-corrected chi connectivity index (χ3v) is 11.4. The SMILES string of the molecule is Clc1ccccc1-c1nc(-c2ccc3c(c2)OCO3)c(-c2ccc3c(c2)OCO3)n1-n1c(-c2ccccc2Cl)nc(-c2ccc3c(c2)OCO3)c1-c1ccc2c(c1)OCO2. The number of hydrogen-bond donors (Lipinski definition) is 0. The van der Waals surface area contributed by atoms with Gasteiger partial charge in [0.1, 0.15) is 0 Å². The van der Waals surface area contributed by atoms with E-state index in [9.17, 15) is 0 Å². The van der Waals surface area contributed by atoms with E-state index in [0.717, 1.165) is 22.3 Å². The zero-order valence-electron chi connectivity index (χ0n) is 31.2. The van der Waals surface area contributed by atoms with E-state index in [2.05, 4.69) is 0 Å². The molecule has 0 spiro atoms. The molecule has 0 atom stereocenters. The van der Waals surface area contributed by atoms with Crippen LogP contribution in [0.4, 0.5) is 0 Å². The molecule has 12 rings (SSSR count). The zero-order chi connectivity index (χ0) is 39.9. The number of hydrogen-bond acceptors (Lipinski definition) is 10. The first-order chi connectivity index (χ1) is 29.6. The van der Waals surface area contributed by atoms with Crippen LogP contribution in [-0.2, 0) is 0 Å². The lowest BCUT2D eigenvalue weighted by Crippen LogP contribution is -2.16. The first kappa shape index (κ1) is 34.7. The van der Waals surface area contributed by atoms with Crippen molar-refractivity contribution in [2.75, 3.05) is 27.2 Å². The minimum absolute atomic E-state index is 0.100. The lowest BCUT2D eigenvalue weighted by atomic mass is 10.0. The van der Waals surface area contributed by atoms with Gasteiger partial charge in [0.05, 0.1) is 32.8 Å². The number of imidazole rings is 2. The van der Waals surface area contributed by atoms with Crippen molar-refractivity contribution in [1.82, 2.24) is 19.3 Å². The first-order valence-electron chi connectivity index (χ1n) is 18.9. The largest absolute Gasteiger partial charge is 0.454 e. The number of benzene rings is 6. The molecular formula is C46H28Cl2N4O8. The molecule has 0 bridgehead atoms. The van der Waals surface area contributed by atoms with Crippen molar-refractivity contribution >= 4 is 23.2 Å². The minimum Gasteiger partial charge on any atom is -0.454 e. The first-order valence-corrected chi connectivity index (χ1v) is 19.7. The van der Waals surface area contributed by atoms with Crippen LogP contribution in [0.1, 0.15) is 0 Å². The van der Waals surface area contributed by atoms with Crippen LogP contribution in [-0.4, -0.2) is 46.5 Å². The van der Waals surface area contributed by atoms with Crippen molar-refractivity contribution in [2.45, 2.75) is 0 Å². The van der Waals surface area contributed by atoms with Crippen LogP contribution < -0.4 is 37.9 Å². The van der Waals surface area contributed by atoms with Crippen molar-refractivity contribution < 1.29 is 37.9 Å². The molecule has 14 heteroatoms. The van der Waals surface area contributed by atoms with Gasteiger partial charge in [-0.1, -0.05) is 47.5 Å². The van der Waals surface area contributed by atoms with Crippen LogP contribution in [0.3, 0.4) is 0 Å². The van der Waals surface area contributed by atoms with Crippen LogP contribution >= 0.6 is 23.2 Å². The highest BCUT2D eigenvalue weighted by Gasteiger charge is 2.33. The highest BCUT2D eigenvalue weighted by molar-refractivity contribution is 6.33. The number of rotatable bonds is 7. The molecule has 6 heterocycles.